The van der Waals surface area contributed by atoms with Gasteiger partial charge in [0.25, 0.3) is 0 Å². The molecule has 51 heavy (non-hydrogen) atoms. The minimum Gasteiger partial charge on any atom is -0.456 e. The van der Waals surface area contributed by atoms with Crippen molar-refractivity contribution in [2.45, 2.75) is 0 Å². The maximum Gasteiger partial charge on any atom is 0.135 e. The Kier molecular flexibility index (Phi) is 6.81. The zero-order valence-corrected chi connectivity index (χ0v) is 27.7. The van der Waals surface area contributed by atoms with Crippen LogP contribution in [0.3, 0.4) is 0 Å². The lowest BCUT2D eigenvalue weighted by Crippen LogP contribution is -2.09. The van der Waals surface area contributed by atoms with Crippen LogP contribution in [-0.2, 0) is 0 Å². The van der Waals surface area contributed by atoms with Crippen molar-refractivity contribution in [3.63, 3.8) is 0 Å². The molecule has 0 bridgehead atoms. The fraction of sp³-hybridized carbons (Fsp3) is 0. The quantitative estimate of drug-likeness (QED) is 0.179. The molecule has 0 aliphatic heterocycles. The van der Waals surface area contributed by atoms with E-state index in [0.717, 1.165) is 61.6 Å². The summed E-state index contributed by atoms with van der Waals surface area (Å²) in [6, 6.07) is 66.1. The molecule has 10 rings (SSSR count). The van der Waals surface area contributed by atoms with Gasteiger partial charge in [0, 0.05) is 39.0 Å². The maximum absolute atomic E-state index is 6.37. The molecule has 0 saturated heterocycles. The van der Waals surface area contributed by atoms with E-state index in [1.54, 1.807) is 0 Å². The van der Waals surface area contributed by atoms with Gasteiger partial charge >= 0.3 is 0 Å². The average molecular weight is 654 g/mol. The van der Waals surface area contributed by atoms with Crippen LogP contribution < -0.4 is 4.90 Å². The summed E-state index contributed by atoms with van der Waals surface area (Å²) in [6.07, 6.45) is 0. The summed E-state index contributed by atoms with van der Waals surface area (Å²) in [5.74, 6) is 1.71. The molecular weight excluding hydrogens is 623 g/mol. The van der Waals surface area contributed by atoms with Crippen LogP contribution in [-0.4, -0.2) is 0 Å². The predicted molar refractivity (Wildman–Crippen MR) is 212 cm³/mol. The lowest BCUT2D eigenvalue weighted by atomic mass is 10.0. The van der Waals surface area contributed by atoms with Crippen LogP contribution in [0.25, 0.3) is 77.3 Å². The molecule has 10 aromatic rings. The number of rotatable bonds is 6. The Morgan fingerprint density at radius 3 is 1.16 bits per heavy atom. The summed E-state index contributed by atoms with van der Waals surface area (Å²) in [5.41, 5.74) is 9.40. The molecule has 8 aromatic carbocycles. The molecule has 0 aliphatic carbocycles. The molecule has 3 nitrogen and oxygen atoms in total. The summed E-state index contributed by atoms with van der Waals surface area (Å²) in [7, 11) is 0. The molecule has 2 aromatic heterocycles. The van der Waals surface area contributed by atoms with E-state index in [1.807, 2.05) is 6.07 Å². The van der Waals surface area contributed by atoms with E-state index < -0.39 is 0 Å². The van der Waals surface area contributed by atoms with Crippen LogP contribution in [0.5, 0.6) is 0 Å². The minimum absolute atomic E-state index is 0.856. The fourth-order valence-electron chi connectivity index (χ4n) is 7.30. The van der Waals surface area contributed by atoms with Gasteiger partial charge in [-0.2, -0.15) is 0 Å². The number of furan rings is 2. The smallest absolute Gasteiger partial charge is 0.135 e. The van der Waals surface area contributed by atoms with Crippen molar-refractivity contribution in [3.05, 3.63) is 188 Å². The first kappa shape index (κ1) is 29.1. The van der Waals surface area contributed by atoms with Crippen LogP contribution >= 0.6 is 0 Å². The predicted octanol–water partition coefficient (Wildman–Crippen LogP) is 14.0. The van der Waals surface area contributed by atoms with Crippen molar-refractivity contribution >= 4 is 60.5 Å². The lowest BCUT2D eigenvalue weighted by molar-refractivity contribution is 0.631. The zero-order chi connectivity index (χ0) is 33.7. The van der Waals surface area contributed by atoms with Crippen LogP contribution in [0, 0.1) is 0 Å². The third kappa shape index (κ3) is 5.15. The Hall–Kier alpha value is -6.84. The molecule has 0 N–H and O–H groups in total. The van der Waals surface area contributed by atoms with E-state index >= 15 is 0 Å². The van der Waals surface area contributed by atoms with E-state index in [-0.39, 0.29) is 0 Å². The van der Waals surface area contributed by atoms with Gasteiger partial charge in [-0.25, -0.2) is 0 Å². The van der Waals surface area contributed by atoms with Gasteiger partial charge in [0.1, 0.15) is 22.7 Å². The van der Waals surface area contributed by atoms with Gasteiger partial charge in [-0.1, -0.05) is 103 Å². The van der Waals surface area contributed by atoms with Crippen molar-refractivity contribution in [1.82, 2.24) is 0 Å². The molecule has 2 heterocycles. The van der Waals surface area contributed by atoms with Crippen molar-refractivity contribution < 1.29 is 8.83 Å². The van der Waals surface area contributed by atoms with Crippen LogP contribution in [0.2, 0.25) is 0 Å². The first-order valence-electron chi connectivity index (χ1n) is 17.2. The summed E-state index contributed by atoms with van der Waals surface area (Å²) in [4.78, 5) is 2.29. The van der Waals surface area contributed by atoms with Crippen molar-refractivity contribution in [3.8, 4) is 33.8 Å². The first-order chi connectivity index (χ1) is 25.2. The monoisotopic (exact) mass is 653 g/mol. The summed E-state index contributed by atoms with van der Waals surface area (Å²) < 4.78 is 12.7. The highest BCUT2D eigenvalue weighted by Crippen LogP contribution is 2.40. The SMILES string of the molecule is c1ccc(-c2ccc(N(c3ccc(-c4cc5c(ccc6ccccc65)o4)cc3)c3ccc(-c4cc5c(ccc6ccccc65)o4)cc3)cc2)cc1. The van der Waals surface area contributed by atoms with Crippen LogP contribution in [0.15, 0.2) is 197 Å². The van der Waals surface area contributed by atoms with Gasteiger partial charge in [-0.3, -0.25) is 0 Å². The number of nitrogens with zero attached hydrogens (tertiary/aromatic N) is 1. The van der Waals surface area contributed by atoms with Crippen LogP contribution in [0.1, 0.15) is 0 Å². The largest absolute Gasteiger partial charge is 0.456 e. The second-order valence-electron chi connectivity index (χ2n) is 13.0. The molecule has 3 heteroatoms. The third-order valence-corrected chi connectivity index (χ3v) is 9.90. The highest BCUT2D eigenvalue weighted by Gasteiger charge is 2.16. The van der Waals surface area contributed by atoms with E-state index in [0.29, 0.717) is 0 Å². The molecule has 0 fully saturated rings. The van der Waals surface area contributed by atoms with E-state index in [1.165, 1.54) is 32.7 Å². The van der Waals surface area contributed by atoms with E-state index in [9.17, 15) is 0 Å². The highest BCUT2D eigenvalue weighted by atomic mass is 16.3. The highest BCUT2D eigenvalue weighted by molar-refractivity contribution is 6.08. The molecule has 240 valence electrons. The Morgan fingerprint density at radius 1 is 0.294 bits per heavy atom. The summed E-state index contributed by atoms with van der Waals surface area (Å²) in [5, 5.41) is 7.08. The average Bonchev–Trinajstić information content (AvgIpc) is 3.85. The molecule has 0 unspecified atom stereocenters. The van der Waals surface area contributed by atoms with E-state index in [4.69, 9.17) is 8.83 Å². The Balaban J connectivity index is 1.03. The van der Waals surface area contributed by atoms with Gasteiger partial charge in [-0.15, -0.1) is 0 Å². The molecular formula is C48H31NO2. The number of hydrogen-bond acceptors (Lipinski definition) is 3. The summed E-state index contributed by atoms with van der Waals surface area (Å²) >= 11 is 0. The lowest BCUT2D eigenvalue weighted by Gasteiger charge is -2.26. The fourth-order valence-corrected chi connectivity index (χ4v) is 7.30. The molecule has 0 atom stereocenters. The first-order valence-corrected chi connectivity index (χ1v) is 17.2. The van der Waals surface area contributed by atoms with Crippen molar-refractivity contribution in [2.75, 3.05) is 4.90 Å². The number of benzene rings is 8. The van der Waals surface area contributed by atoms with Gasteiger partial charge in [0.15, 0.2) is 0 Å². The van der Waals surface area contributed by atoms with Gasteiger partial charge in [0.05, 0.1) is 0 Å². The van der Waals surface area contributed by atoms with Gasteiger partial charge in [-0.05, 0) is 118 Å². The second-order valence-corrected chi connectivity index (χ2v) is 13.0. The van der Waals surface area contributed by atoms with Gasteiger partial charge in [0.2, 0.25) is 0 Å². The van der Waals surface area contributed by atoms with Crippen LogP contribution in [0.4, 0.5) is 17.1 Å². The van der Waals surface area contributed by atoms with Gasteiger partial charge < -0.3 is 13.7 Å². The molecule has 0 spiro atoms. The normalized spacial score (nSPS) is 11.5. The Labute approximate surface area is 295 Å². The Bertz CT molecular complexity index is 2670. The summed E-state index contributed by atoms with van der Waals surface area (Å²) in [6.45, 7) is 0. The van der Waals surface area contributed by atoms with Crippen molar-refractivity contribution in [1.29, 1.82) is 0 Å². The number of fused-ring (bicyclic) bond motifs is 6. The number of hydrogen-bond donors (Lipinski definition) is 0. The maximum atomic E-state index is 6.37. The standard InChI is InChI=1S/C48H31NO2/c1-2-8-32(9-3-1)33-14-22-38(23-15-33)49(39-24-16-36(17-25-39)47-30-43-41-12-6-4-10-34(41)20-28-45(43)50-47)40-26-18-37(19-27-40)48-31-44-42-13-7-5-11-35(42)21-29-46(44)51-48/h1-31H. The molecule has 0 aliphatic rings. The van der Waals surface area contributed by atoms with Crippen molar-refractivity contribution in [2.24, 2.45) is 0 Å². The second kappa shape index (κ2) is 11.9. The molecule has 0 amide bonds. The topological polar surface area (TPSA) is 29.5 Å². The molecule has 0 radical (unpaired) electrons. The minimum atomic E-state index is 0.856. The Morgan fingerprint density at radius 2 is 0.686 bits per heavy atom. The molecule has 0 saturated carbocycles. The van der Waals surface area contributed by atoms with E-state index in [2.05, 4.69) is 187 Å². The zero-order valence-electron chi connectivity index (χ0n) is 27.7. The number of anilines is 3. The third-order valence-electron chi connectivity index (χ3n) is 9.90.